The maximum Gasteiger partial charge on any atom is 0.253 e. The molecule has 0 unspecified atom stereocenters. The Labute approximate surface area is 113 Å². The van der Waals surface area contributed by atoms with Crippen molar-refractivity contribution >= 4 is 17.7 Å². The molecule has 1 saturated carbocycles. The molecule has 0 bridgehead atoms. The van der Waals surface area contributed by atoms with Gasteiger partial charge in [0.05, 0.1) is 0 Å². The van der Waals surface area contributed by atoms with Crippen LogP contribution in [-0.2, 0) is 14.4 Å². The Morgan fingerprint density at radius 2 is 1.58 bits per heavy atom. The van der Waals surface area contributed by atoms with E-state index >= 15 is 0 Å². The third kappa shape index (κ3) is 3.66. The van der Waals surface area contributed by atoms with Gasteiger partial charge in [-0.15, -0.1) is 0 Å². The second-order valence-corrected chi connectivity index (χ2v) is 5.13. The fourth-order valence-corrected chi connectivity index (χ4v) is 2.68. The lowest BCUT2D eigenvalue weighted by Gasteiger charge is -2.29. The lowest BCUT2D eigenvalue weighted by Crippen LogP contribution is -2.41. The zero-order chi connectivity index (χ0) is 13.7. The van der Waals surface area contributed by atoms with Crippen LogP contribution in [0.1, 0.15) is 44.9 Å². The number of amides is 3. The summed E-state index contributed by atoms with van der Waals surface area (Å²) in [5.74, 6) is -0.0520. The first-order valence-electron chi connectivity index (χ1n) is 7.00. The summed E-state index contributed by atoms with van der Waals surface area (Å²) < 4.78 is 0. The van der Waals surface area contributed by atoms with Crippen molar-refractivity contribution in [1.82, 2.24) is 10.2 Å². The molecular weight excluding hydrogens is 244 g/mol. The first-order chi connectivity index (χ1) is 9.18. The highest BCUT2D eigenvalue weighted by molar-refractivity contribution is 6.13. The van der Waals surface area contributed by atoms with E-state index in [0.29, 0.717) is 0 Å². The predicted molar refractivity (Wildman–Crippen MR) is 70.1 cm³/mol. The van der Waals surface area contributed by atoms with E-state index in [1.807, 2.05) is 0 Å². The number of hydrogen-bond donors (Lipinski definition) is 1. The molecule has 2 heterocycles. The van der Waals surface area contributed by atoms with Gasteiger partial charge in [0.15, 0.2) is 0 Å². The second-order valence-electron chi connectivity index (χ2n) is 5.13. The highest BCUT2D eigenvalue weighted by atomic mass is 16.2. The topological polar surface area (TPSA) is 66.5 Å². The molecule has 0 aromatic rings. The van der Waals surface area contributed by atoms with Crippen LogP contribution >= 0.6 is 0 Å². The van der Waals surface area contributed by atoms with Gasteiger partial charge in [0.1, 0.15) is 0 Å². The van der Waals surface area contributed by atoms with Crippen molar-refractivity contribution in [3.8, 4) is 0 Å². The minimum Gasteiger partial charge on any atom is -0.356 e. The molecule has 1 saturated heterocycles. The predicted octanol–water partition coefficient (Wildman–Crippen LogP) is 1.14. The molecule has 0 aromatic carbocycles. The molecule has 0 atom stereocenters. The van der Waals surface area contributed by atoms with Gasteiger partial charge in [-0.2, -0.15) is 0 Å². The van der Waals surface area contributed by atoms with Gasteiger partial charge in [-0.3, -0.25) is 19.3 Å². The molecule has 104 valence electrons. The number of carbonyl (C=O) groups is 3. The number of carbonyl (C=O) groups excluding carboxylic acids is 3. The second kappa shape index (κ2) is 6.50. The number of nitrogens with zero attached hydrogens (tertiary/aromatic N) is 1. The van der Waals surface area contributed by atoms with Gasteiger partial charge in [0.25, 0.3) is 11.8 Å². The fraction of sp³-hybridized carbons (Fsp3) is 0.643. The summed E-state index contributed by atoms with van der Waals surface area (Å²) in [5, 5.41) is 2.68. The Morgan fingerprint density at radius 1 is 0.947 bits per heavy atom. The number of hydrogen-bond acceptors (Lipinski definition) is 3. The minimum atomic E-state index is -0.128. The average molecular weight is 264 g/mol. The summed E-state index contributed by atoms with van der Waals surface area (Å²) in [6, 6.07) is 0.170. The van der Waals surface area contributed by atoms with Crippen LogP contribution < -0.4 is 5.32 Å². The minimum absolute atomic E-state index is 0.128. The Morgan fingerprint density at radius 3 is 2.00 bits per heavy atom. The quantitative estimate of drug-likeness (QED) is 0.722. The molecule has 3 aliphatic rings. The highest BCUT2D eigenvalue weighted by Crippen LogP contribution is 2.24. The van der Waals surface area contributed by atoms with E-state index in [1.165, 1.54) is 23.5 Å². The third-order valence-electron chi connectivity index (χ3n) is 3.69. The summed E-state index contributed by atoms with van der Waals surface area (Å²) >= 11 is 0. The lowest BCUT2D eigenvalue weighted by molar-refractivity contribution is -0.140. The zero-order valence-electron chi connectivity index (χ0n) is 11.1. The molecule has 3 rings (SSSR count). The summed E-state index contributed by atoms with van der Waals surface area (Å²) in [7, 11) is 0. The van der Waals surface area contributed by atoms with E-state index in [2.05, 4.69) is 5.32 Å². The van der Waals surface area contributed by atoms with E-state index in [1.54, 1.807) is 0 Å². The first kappa shape index (κ1) is 13.8. The largest absolute Gasteiger partial charge is 0.356 e. The highest BCUT2D eigenvalue weighted by Gasteiger charge is 2.31. The standard InChI is InChI=1S/C10H13NO2.C4H7NO/c12-9-6-7-10(13)11(9)8-4-2-1-3-5-8;6-4-2-1-3-5-4/h6-8H,1-5H2;1-3H2,(H,5,6). The van der Waals surface area contributed by atoms with Gasteiger partial charge in [-0.25, -0.2) is 0 Å². The van der Waals surface area contributed by atoms with Crippen LogP contribution in [0.3, 0.4) is 0 Å². The number of nitrogens with one attached hydrogen (secondary N) is 1. The maximum absolute atomic E-state index is 11.3. The van der Waals surface area contributed by atoms with Crippen molar-refractivity contribution < 1.29 is 14.4 Å². The fourth-order valence-electron chi connectivity index (χ4n) is 2.68. The summed E-state index contributed by atoms with van der Waals surface area (Å²) in [4.78, 5) is 34.2. The molecule has 1 N–H and O–H groups in total. The van der Waals surface area contributed by atoms with Crippen molar-refractivity contribution in [3.63, 3.8) is 0 Å². The van der Waals surface area contributed by atoms with Gasteiger partial charge < -0.3 is 5.32 Å². The molecular formula is C14H20N2O3. The molecule has 0 aromatic heterocycles. The smallest absolute Gasteiger partial charge is 0.253 e. The SMILES string of the molecule is O=C1C=CC(=O)N1C1CCCCC1.O=C1CCCN1. The molecule has 0 radical (unpaired) electrons. The van der Waals surface area contributed by atoms with Crippen LogP contribution in [0.5, 0.6) is 0 Å². The summed E-state index contributed by atoms with van der Waals surface area (Å²) in [6.07, 6.45) is 9.99. The third-order valence-corrected chi connectivity index (χ3v) is 3.69. The van der Waals surface area contributed by atoms with Crippen LogP contribution in [0.25, 0.3) is 0 Å². The zero-order valence-corrected chi connectivity index (χ0v) is 11.1. The lowest BCUT2D eigenvalue weighted by atomic mass is 9.94. The molecule has 2 fully saturated rings. The summed E-state index contributed by atoms with van der Waals surface area (Å²) in [6.45, 7) is 0.888. The normalized spacial score (nSPS) is 23.4. The molecule has 5 nitrogen and oxygen atoms in total. The van der Waals surface area contributed by atoms with Crippen molar-refractivity contribution in [2.75, 3.05) is 6.54 Å². The monoisotopic (exact) mass is 264 g/mol. The first-order valence-corrected chi connectivity index (χ1v) is 7.00. The van der Waals surface area contributed by atoms with Crippen LogP contribution in [0.2, 0.25) is 0 Å². The van der Waals surface area contributed by atoms with E-state index < -0.39 is 0 Å². The molecule has 3 amide bonds. The molecule has 0 spiro atoms. The Hall–Kier alpha value is -1.65. The van der Waals surface area contributed by atoms with Gasteiger partial charge in [-0.05, 0) is 19.3 Å². The van der Waals surface area contributed by atoms with Gasteiger partial charge in [0.2, 0.25) is 5.91 Å². The van der Waals surface area contributed by atoms with E-state index in [0.717, 1.165) is 45.1 Å². The number of rotatable bonds is 1. The Kier molecular flexibility index (Phi) is 4.71. The maximum atomic E-state index is 11.3. The Balaban J connectivity index is 0.000000186. The van der Waals surface area contributed by atoms with E-state index in [9.17, 15) is 14.4 Å². The van der Waals surface area contributed by atoms with Crippen LogP contribution in [0, 0.1) is 0 Å². The van der Waals surface area contributed by atoms with Gasteiger partial charge in [-0.1, -0.05) is 19.3 Å². The average Bonchev–Trinajstić information content (AvgIpc) is 3.01. The van der Waals surface area contributed by atoms with Crippen molar-refractivity contribution in [3.05, 3.63) is 12.2 Å². The summed E-state index contributed by atoms with van der Waals surface area (Å²) in [5.41, 5.74) is 0. The van der Waals surface area contributed by atoms with Crippen molar-refractivity contribution in [2.24, 2.45) is 0 Å². The van der Waals surface area contributed by atoms with Crippen molar-refractivity contribution in [2.45, 2.75) is 51.0 Å². The van der Waals surface area contributed by atoms with Crippen LogP contribution in [0.4, 0.5) is 0 Å². The molecule has 5 heteroatoms. The Bertz CT molecular complexity index is 371. The molecule has 2 aliphatic heterocycles. The van der Waals surface area contributed by atoms with Gasteiger partial charge >= 0.3 is 0 Å². The van der Waals surface area contributed by atoms with Crippen molar-refractivity contribution in [1.29, 1.82) is 0 Å². The van der Waals surface area contributed by atoms with Crippen LogP contribution in [-0.4, -0.2) is 35.2 Å². The molecule has 1 aliphatic carbocycles. The number of imide groups is 1. The van der Waals surface area contributed by atoms with Gasteiger partial charge in [0, 0.05) is 31.2 Å². The van der Waals surface area contributed by atoms with E-state index in [-0.39, 0.29) is 23.8 Å². The molecule has 19 heavy (non-hydrogen) atoms. The van der Waals surface area contributed by atoms with E-state index in [4.69, 9.17) is 0 Å². The van der Waals surface area contributed by atoms with Crippen LogP contribution in [0.15, 0.2) is 12.2 Å².